The molecule has 1 aliphatic rings. The van der Waals surface area contributed by atoms with Crippen LogP contribution in [0.3, 0.4) is 0 Å². The van der Waals surface area contributed by atoms with Crippen LogP contribution in [0.1, 0.15) is 35.2 Å². The maximum Gasteiger partial charge on any atom is 0.255 e. The molecule has 1 amide bonds. The fourth-order valence-electron chi connectivity index (χ4n) is 4.39. The van der Waals surface area contributed by atoms with E-state index >= 15 is 0 Å². The van der Waals surface area contributed by atoms with Gasteiger partial charge in [-0.2, -0.15) is 0 Å². The summed E-state index contributed by atoms with van der Waals surface area (Å²) >= 11 is 0. The monoisotopic (exact) mass is 469 g/mol. The van der Waals surface area contributed by atoms with Crippen LogP contribution in [0.5, 0.6) is 0 Å². The van der Waals surface area contributed by atoms with Gasteiger partial charge in [0.05, 0.1) is 5.69 Å². The molecule has 0 spiro atoms. The molecular formula is C28H27N3O2S. The van der Waals surface area contributed by atoms with E-state index in [2.05, 4.69) is 29.4 Å². The zero-order valence-electron chi connectivity index (χ0n) is 19.2. The highest BCUT2D eigenvalue weighted by Crippen LogP contribution is 2.31. The van der Waals surface area contributed by atoms with E-state index in [4.69, 9.17) is 0 Å². The van der Waals surface area contributed by atoms with Gasteiger partial charge in [-0.1, -0.05) is 36.8 Å². The summed E-state index contributed by atoms with van der Waals surface area (Å²) in [5, 5.41) is 5.23. The Kier molecular flexibility index (Phi) is 6.41. The topological polar surface area (TPSA) is 62.3 Å². The molecule has 1 unspecified atom stereocenters. The normalized spacial score (nSPS) is 16.3. The van der Waals surface area contributed by atoms with Crippen molar-refractivity contribution in [1.29, 1.82) is 0 Å². The van der Waals surface area contributed by atoms with E-state index in [-0.39, 0.29) is 5.91 Å². The zero-order valence-corrected chi connectivity index (χ0v) is 20.0. The van der Waals surface area contributed by atoms with Crippen LogP contribution in [-0.4, -0.2) is 27.4 Å². The lowest BCUT2D eigenvalue weighted by Crippen LogP contribution is -2.26. The van der Waals surface area contributed by atoms with Crippen molar-refractivity contribution in [3.63, 3.8) is 0 Å². The molecule has 3 aromatic carbocycles. The summed E-state index contributed by atoms with van der Waals surface area (Å²) in [6, 6.07) is 23.5. The van der Waals surface area contributed by atoms with E-state index in [1.807, 2.05) is 59.0 Å². The number of rotatable bonds is 4. The largest absolute Gasteiger partial charge is 0.322 e. The smallest absolute Gasteiger partial charge is 0.255 e. The Morgan fingerprint density at radius 3 is 2.65 bits per heavy atom. The van der Waals surface area contributed by atoms with Crippen LogP contribution >= 0.6 is 0 Å². The number of nitrogens with zero attached hydrogens (tertiary/aromatic N) is 2. The highest BCUT2D eigenvalue weighted by molar-refractivity contribution is 7.86. The molecule has 0 bridgehead atoms. The lowest BCUT2D eigenvalue weighted by atomic mass is 9.99. The van der Waals surface area contributed by atoms with Crippen molar-refractivity contribution < 1.29 is 9.00 Å². The highest BCUT2D eigenvalue weighted by atomic mass is 32.2. The number of fused-ring (bicyclic) bond motifs is 1. The molecule has 1 atom stereocenters. The number of aryl methyl sites for hydroxylation is 1. The molecule has 0 aliphatic carbocycles. The van der Waals surface area contributed by atoms with Gasteiger partial charge in [-0.3, -0.25) is 14.1 Å². The molecule has 172 valence electrons. The number of anilines is 2. The summed E-state index contributed by atoms with van der Waals surface area (Å²) in [6.45, 7) is 2.84. The second-order valence-electron chi connectivity index (χ2n) is 8.60. The van der Waals surface area contributed by atoms with Gasteiger partial charge < -0.3 is 5.32 Å². The van der Waals surface area contributed by atoms with Gasteiger partial charge >= 0.3 is 0 Å². The molecule has 2 heterocycles. The van der Waals surface area contributed by atoms with E-state index in [1.54, 1.807) is 12.1 Å². The summed E-state index contributed by atoms with van der Waals surface area (Å²) in [6.07, 6.45) is 4.96. The summed E-state index contributed by atoms with van der Waals surface area (Å²) in [5.74, 6) is 0.521. The molecule has 1 fully saturated rings. The van der Waals surface area contributed by atoms with Crippen LogP contribution in [0.4, 0.5) is 11.4 Å². The lowest BCUT2D eigenvalue weighted by molar-refractivity contribution is 0.102. The van der Waals surface area contributed by atoms with E-state index in [0.29, 0.717) is 11.3 Å². The van der Waals surface area contributed by atoms with Crippen molar-refractivity contribution in [1.82, 2.24) is 4.98 Å². The number of benzene rings is 3. The fraction of sp³-hybridized carbons (Fsp3) is 0.214. The number of hydrogen-bond acceptors (Lipinski definition) is 3. The average Bonchev–Trinajstić information content (AvgIpc) is 3.09. The lowest BCUT2D eigenvalue weighted by Gasteiger charge is -2.21. The quantitative estimate of drug-likeness (QED) is 0.392. The first-order chi connectivity index (χ1) is 16.6. The van der Waals surface area contributed by atoms with E-state index in [9.17, 15) is 9.00 Å². The molecule has 4 aromatic rings. The van der Waals surface area contributed by atoms with Crippen LogP contribution in [0.2, 0.25) is 0 Å². The average molecular weight is 470 g/mol. The van der Waals surface area contributed by atoms with Crippen LogP contribution in [0.15, 0.2) is 79.0 Å². The van der Waals surface area contributed by atoms with Gasteiger partial charge in [0, 0.05) is 46.4 Å². The number of amides is 1. The standard InChI is InChI=1S/C28H27N3O2S/c1-20-9-12-23(19-26(20)27-25-8-4-3-7-21(25)15-16-29-27)30-28(32)22-10-13-24(14-11-22)31-17-5-2-6-18-34(31)33/h3-4,7-16,19H,2,5-6,17-18H2,1H3,(H,30,32). The maximum atomic E-state index is 13.0. The van der Waals surface area contributed by atoms with E-state index in [1.165, 1.54) is 0 Å². The Labute approximate surface area is 202 Å². The van der Waals surface area contributed by atoms with Crippen molar-refractivity contribution >= 4 is 39.0 Å². The van der Waals surface area contributed by atoms with Gasteiger partial charge in [-0.05, 0) is 73.2 Å². The minimum Gasteiger partial charge on any atom is -0.322 e. The Balaban J connectivity index is 1.38. The van der Waals surface area contributed by atoms with Crippen molar-refractivity contribution in [3.8, 4) is 11.3 Å². The third-order valence-corrected chi connectivity index (χ3v) is 7.79. The minimum atomic E-state index is -1.00. The molecule has 0 radical (unpaired) electrons. The summed E-state index contributed by atoms with van der Waals surface area (Å²) in [7, 11) is -1.00. The number of aromatic nitrogens is 1. The SMILES string of the molecule is Cc1ccc(NC(=O)c2ccc(N3CCCCCS3=O)cc2)cc1-c1nccc2ccccc12. The molecule has 5 nitrogen and oxygen atoms in total. The van der Waals surface area contributed by atoms with Gasteiger partial charge in [0.2, 0.25) is 0 Å². The van der Waals surface area contributed by atoms with Crippen molar-refractivity contribution in [3.05, 3.63) is 90.1 Å². The first-order valence-electron chi connectivity index (χ1n) is 11.6. The molecule has 1 saturated heterocycles. The minimum absolute atomic E-state index is 0.177. The number of nitrogens with one attached hydrogen (secondary N) is 1. The fourth-order valence-corrected chi connectivity index (χ4v) is 5.75. The predicted octanol–water partition coefficient (Wildman–Crippen LogP) is 6.12. The zero-order chi connectivity index (χ0) is 23.5. The third kappa shape index (κ3) is 4.59. The predicted molar refractivity (Wildman–Crippen MR) is 141 cm³/mol. The van der Waals surface area contributed by atoms with Crippen LogP contribution in [-0.2, 0) is 11.0 Å². The van der Waals surface area contributed by atoms with Crippen molar-refractivity contribution in [2.45, 2.75) is 26.2 Å². The van der Waals surface area contributed by atoms with Gasteiger partial charge in [-0.25, -0.2) is 4.21 Å². The van der Waals surface area contributed by atoms with E-state index < -0.39 is 11.0 Å². The maximum absolute atomic E-state index is 13.0. The van der Waals surface area contributed by atoms with E-state index in [0.717, 1.165) is 64.8 Å². The summed E-state index contributed by atoms with van der Waals surface area (Å²) < 4.78 is 14.4. The molecule has 1 aromatic heterocycles. The van der Waals surface area contributed by atoms with Crippen LogP contribution in [0, 0.1) is 6.92 Å². The van der Waals surface area contributed by atoms with Crippen LogP contribution < -0.4 is 9.62 Å². The second kappa shape index (κ2) is 9.77. The Morgan fingerprint density at radius 1 is 0.971 bits per heavy atom. The van der Waals surface area contributed by atoms with Gasteiger partial charge in [0.1, 0.15) is 11.0 Å². The number of carbonyl (C=O) groups excluding carboxylic acids is 1. The van der Waals surface area contributed by atoms with Crippen molar-refractivity contribution in [2.75, 3.05) is 21.9 Å². The van der Waals surface area contributed by atoms with Crippen LogP contribution in [0.25, 0.3) is 22.0 Å². The first-order valence-corrected chi connectivity index (χ1v) is 12.9. The molecule has 6 heteroatoms. The highest BCUT2D eigenvalue weighted by Gasteiger charge is 2.18. The number of pyridine rings is 1. The molecule has 0 saturated carbocycles. The Morgan fingerprint density at radius 2 is 1.79 bits per heavy atom. The molecule has 1 aliphatic heterocycles. The number of hydrogen-bond donors (Lipinski definition) is 1. The Hall–Kier alpha value is -3.51. The van der Waals surface area contributed by atoms with Gasteiger partial charge in [0.25, 0.3) is 5.91 Å². The Bertz CT molecular complexity index is 1360. The molecular weight excluding hydrogens is 442 g/mol. The molecule has 5 rings (SSSR count). The second-order valence-corrected chi connectivity index (χ2v) is 10.1. The van der Waals surface area contributed by atoms with Gasteiger partial charge in [0.15, 0.2) is 0 Å². The van der Waals surface area contributed by atoms with Gasteiger partial charge in [-0.15, -0.1) is 0 Å². The van der Waals surface area contributed by atoms with Crippen molar-refractivity contribution in [2.24, 2.45) is 0 Å². The molecule has 34 heavy (non-hydrogen) atoms. The number of carbonyl (C=O) groups is 1. The summed E-state index contributed by atoms with van der Waals surface area (Å²) in [4.78, 5) is 17.6. The summed E-state index contributed by atoms with van der Waals surface area (Å²) in [5.41, 5.74) is 5.18. The third-order valence-electron chi connectivity index (χ3n) is 6.27. The first kappa shape index (κ1) is 22.3. The molecule has 1 N–H and O–H groups in total.